The topological polar surface area (TPSA) is 20.2 Å². The minimum absolute atomic E-state index is 0.250. The Bertz CT molecular complexity index is 210. The number of rotatable bonds is 2. The van der Waals surface area contributed by atoms with Crippen molar-refractivity contribution in [3.05, 3.63) is 29.8 Å². The first kappa shape index (κ1) is 8.08. The third-order valence-electron chi connectivity index (χ3n) is 1.33. The van der Waals surface area contributed by atoms with Gasteiger partial charge in [0.1, 0.15) is 0 Å². The van der Waals surface area contributed by atoms with Gasteiger partial charge in [0.25, 0.3) is 0 Å². The van der Waals surface area contributed by atoms with Gasteiger partial charge in [-0.3, -0.25) is 0 Å². The Labute approximate surface area is 74.2 Å². The summed E-state index contributed by atoms with van der Waals surface area (Å²) < 4.78 is 1.35. The van der Waals surface area contributed by atoms with Gasteiger partial charge in [0.2, 0.25) is 0 Å². The number of hydrogen-bond donors (Lipinski definition) is 1. The molecule has 2 heteroatoms. The van der Waals surface area contributed by atoms with Crippen molar-refractivity contribution in [2.24, 2.45) is 0 Å². The van der Waals surface area contributed by atoms with Crippen molar-refractivity contribution in [1.29, 1.82) is 0 Å². The number of aliphatic hydroxyl groups excluding tert-OH is 1. The first-order valence-electron chi connectivity index (χ1n) is 3.24. The molecule has 1 aromatic rings. The molecule has 1 nitrogen and oxygen atoms in total. The quantitative estimate of drug-likeness (QED) is 0.722. The summed E-state index contributed by atoms with van der Waals surface area (Å²) >= 11 is 1.44. The summed E-state index contributed by atoms with van der Waals surface area (Å²) in [6.45, 7) is 0.250. The molecule has 3 radical (unpaired) electrons. The average molecular weight is 240 g/mol. The van der Waals surface area contributed by atoms with Crippen molar-refractivity contribution < 1.29 is 5.11 Å². The maximum atomic E-state index is 8.62. The van der Waals surface area contributed by atoms with E-state index >= 15 is 0 Å². The fourth-order valence-corrected chi connectivity index (χ4v) is 1.66. The molecule has 1 N–H and O–H groups in total. The van der Waals surface area contributed by atoms with E-state index in [9.17, 15) is 0 Å². The van der Waals surface area contributed by atoms with Crippen LogP contribution in [0.4, 0.5) is 0 Å². The van der Waals surface area contributed by atoms with Crippen molar-refractivity contribution in [1.82, 2.24) is 0 Å². The van der Waals surface area contributed by atoms with Crippen LogP contribution in [-0.2, 0) is 6.42 Å². The van der Waals surface area contributed by atoms with Gasteiger partial charge < -0.3 is 0 Å². The predicted octanol–water partition coefficient (Wildman–Crippen LogP) is 0.0152. The summed E-state index contributed by atoms with van der Waals surface area (Å²) in [4.78, 5) is 0. The third-order valence-corrected chi connectivity index (χ3v) is 2.22. The molecular weight excluding hydrogens is 231 g/mol. The van der Waals surface area contributed by atoms with E-state index in [2.05, 4.69) is 12.1 Å². The fraction of sp³-hybridized carbons (Fsp3) is 0.250. The van der Waals surface area contributed by atoms with Crippen LogP contribution in [0.15, 0.2) is 24.3 Å². The van der Waals surface area contributed by atoms with E-state index in [1.54, 1.807) is 0 Å². The molecule has 0 aliphatic rings. The summed E-state index contributed by atoms with van der Waals surface area (Å²) in [5, 5.41) is 8.62. The van der Waals surface area contributed by atoms with E-state index in [-0.39, 0.29) is 6.61 Å². The van der Waals surface area contributed by atoms with Crippen LogP contribution in [0.25, 0.3) is 0 Å². The van der Waals surface area contributed by atoms with Gasteiger partial charge >= 0.3 is 74.1 Å². The van der Waals surface area contributed by atoms with Crippen LogP contribution in [0.2, 0.25) is 0 Å². The first-order chi connectivity index (χ1) is 4.83. The van der Waals surface area contributed by atoms with Crippen LogP contribution in [0.5, 0.6) is 0 Å². The van der Waals surface area contributed by atoms with Crippen LogP contribution in [-0.4, -0.2) is 34.2 Å². The molecule has 0 bridgehead atoms. The Hall–Kier alpha value is -0.0213. The zero-order chi connectivity index (χ0) is 7.40. The first-order valence-corrected chi connectivity index (χ1v) is 4.67. The number of hydrogen-bond acceptors (Lipinski definition) is 1. The molecule has 0 atom stereocenters. The van der Waals surface area contributed by atoms with E-state index in [0.29, 0.717) is 0 Å². The molecule has 10 heavy (non-hydrogen) atoms. The molecule has 0 aliphatic carbocycles. The SMILES string of the molecule is OCCc1ccc[c]([Sn])c1. The molecule has 0 aromatic heterocycles. The Morgan fingerprint density at radius 2 is 2.20 bits per heavy atom. The van der Waals surface area contributed by atoms with E-state index in [0.717, 1.165) is 6.42 Å². The summed E-state index contributed by atoms with van der Waals surface area (Å²) in [6, 6.07) is 8.31. The van der Waals surface area contributed by atoms with Gasteiger partial charge in [-0.2, -0.15) is 0 Å². The summed E-state index contributed by atoms with van der Waals surface area (Å²) in [5.41, 5.74) is 1.23. The molecule has 51 valence electrons. The predicted molar refractivity (Wildman–Crippen MR) is 42.6 cm³/mol. The fourth-order valence-electron chi connectivity index (χ4n) is 0.856. The average Bonchev–Trinajstić information content (AvgIpc) is 1.88. The molecule has 0 fully saturated rings. The van der Waals surface area contributed by atoms with Gasteiger partial charge in [0.15, 0.2) is 0 Å². The van der Waals surface area contributed by atoms with Crippen LogP contribution in [0, 0.1) is 0 Å². The second-order valence-corrected chi connectivity index (χ2v) is 3.82. The number of benzene rings is 1. The maximum absolute atomic E-state index is 8.62. The van der Waals surface area contributed by atoms with Crippen LogP contribution in [0.3, 0.4) is 0 Å². The second kappa shape index (κ2) is 3.98. The molecule has 0 heterocycles. The van der Waals surface area contributed by atoms with Crippen molar-refractivity contribution in [2.75, 3.05) is 6.61 Å². The second-order valence-electron chi connectivity index (χ2n) is 2.17. The standard InChI is InChI=1S/C8H9O.Sn/c9-7-6-8-4-2-1-3-5-8;/h1-2,4-5,9H,6-7H2;. The molecule has 0 amide bonds. The van der Waals surface area contributed by atoms with Crippen molar-refractivity contribution in [3.63, 3.8) is 0 Å². The summed E-state index contributed by atoms with van der Waals surface area (Å²) in [6.07, 6.45) is 0.780. The van der Waals surface area contributed by atoms with Gasteiger partial charge in [-0.1, -0.05) is 0 Å². The van der Waals surface area contributed by atoms with Gasteiger partial charge in [0, 0.05) is 0 Å². The Kier molecular flexibility index (Phi) is 3.22. The summed E-state index contributed by atoms with van der Waals surface area (Å²) in [5.74, 6) is 0. The molecule has 1 rings (SSSR count). The van der Waals surface area contributed by atoms with E-state index < -0.39 is 0 Å². The normalized spacial score (nSPS) is 9.80. The molecule has 1 aromatic carbocycles. The van der Waals surface area contributed by atoms with Crippen molar-refractivity contribution in [3.8, 4) is 0 Å². The van der Waals surface area contributed by atoms with E-state index in [4.69, 9.17) is 5.11 Å². The van der Waals surface area contributed by atoms with Gasteiger partial charge in [-0.05, 0) is 0 Å². The molecule has 0 spiro atoms. The Morgan fingerprint density at radius 3 is 2.80 bits per heavy atom. The molecule has 0 saturated carbocycles. The monoisotopic (exact) mass is 241 g/mol. The molecule has 0 aliphatic heterocycles. The van der Waals surface area contributed by atoms with Crippen molar-refractivity contribution >= 4 is 26.1 Å². The Morgan fingerprint density at radius 1 is 1.40 bits per heavy atom. The van der Waals surface area contributed by atoms with Gasteiger partial charge in [0.05, 0.1) is 0 Å². The number of aliphatic hydroxyl groups is 1. The minimum atomic E-state index is 0.250. The third kappa shape index (κ3) is 2.31. The zero-order valence-electron chi connectivity index (χ0n) is 5.67. The molecule has 0 unspecified atom stereocenters. The van der Waals surface area contributed by atoms with Gasteiger partial charge in [-0.15, -0.1) is 0 Å². The van der Waals surface area contributed by atoms with Crippen LogP contribution < -0.4 is 3.58 Å². The van der Waals surface area contributed by atoms with Crippen LogP contribution in [0.1, 0.15) is 5.56 Å². The zero-order valence-corrected chi connectivity index (χ0v) is 8.52. The van der Waals surface area contributed by atoms with E-state index in [1.807, 2.05) is 12.1 Å². The summed E-state index contributed by atoms with van der Waals surface area (Å²) in [7, 11) is 0. The van der Waals surface area contributed by atoms with Gasteiger partial charge in [-0.25, -0.2) is 0 Å². The van der Waals surface area contributed by atoms with Crippen molar-refractivity contribution in [2.45, 2.75) is 6.42 Å². The van der Waals surface area contributed by atoms with Crippen LogP contribution >= 0.6 is 0 Å². The Balaban J connectivity index is 2.75. The molecule has 0 saturated heterocycles. The van der Waals surface area contributed by atoms with E-state index in [1.165, 1.54) is 31.7 Å². The molecular formula is C8H9OSn.